The van der Waals surface area contributed by atoms with Gasteiger partial charge in [0.2, 0.25) is 0 Å². The van der Waals surface area contributed by atoms with Crippen molar-refractivity contribution in [1.82, 2.24) is 10.2 Å². The smallest absolute Gasteiger partial charge is 0.0356 e. The normalized spacial score (nSPS) is 20.6. The average Bonchev–Trinajstić information content (AvgIpc) is 2.39. The van der Waals surface area contributed by atoms with E-state index in [1.807, 2.05) is 0 Å². The van der Waals surface area contributed by atoms with Gasteiger partial charge < -0.3 is 10.2 Å². The van der Waals surface area contributed by atoms with Gasteiger partial charge in [0.25, 0.3) is 0 Å². The van der Waals surface area contributed by atoms with Gasteiger partial charge in [-0.1, -0.05) is 26.2 Å². The Kier molecular flexibility index (Phi) is 6.75. The average molecular weight is 250 g/mol. The summed E-state index contributed by atoms with van der Waals surface area (Å²) in [6.45, 7) is 3.33. The Bertz CT molecular complexity index is 259. The maximum Gasteiger partial charge on any atom is 0.0356 e. The molecule has 1 unspecified atom stereocenters. The number of nitrogens with zero attached hydrogens (tertiary/aromatic N) is 1. The number of hydrogen-bond donors (Lipinski definition) is 1. The highest BCUT2D eigenvalue weighted by Crippen LogP contribution is 2.36. The Morgan fingerprint density at radius 3 is 2.44 bits per heavy atom. The minimum Gasteiger partial charge on any atom is -0.312 e. The van der Waals surface area contributed by atoms with Crippen LogP contribution in [0.3, 0.4) is 0 Å². The van der Waals surface area contributed by atoms with Crippen LogP contribution in [0.25, 0.3) is 0 Å². The molecule has 1 rings (SSSR count). The molecule has 0 aromatic heterocycles. The van der Waals surface area contributed by atoms with Gasteiger partial charge in [0, 0.05) is 18.0 Å². The van der Waals surface area contributed by atoms with Gasteiger partial charge in [-0.3, -0.25) is 0 Å². The van der Waals surface area contributed by atoms with Crippen molar-refractivity contribution in [3.05, 3.63) is 0 Å². The van der Waals surface area contributed by atoms with Crippen molar-refractivity contribution in [2.75, 3.05) is 20.6 Å². The predicted molar refractivity (Wildman–Crippen MR) is 79.7 cm³/mol. The lowest BCUT2D eigenvalue weighted by Crippen LogP contribution is -2.60. The molecule has 1 aliphatic carbocycles. The Labute approximate surface area is 114 Å². The van der Waals surface area contributed by atoms with E-state index in [1.54, 1.807) is 0 Å². The van der Waals surface area contributed by atoms with Crippen LogP contribution in [0, 0.1) is 12.3 Å². The molecule has 1 saturated carbocycles. The van der Waals surface area contributed by atoms with Crippen LogP contribution < -0.4 is 5.32 Å². The summed E-state index contributed by atoms with van der Waals surface area (Å²) in [6, 6.07) is 0.545. The second kappa shape index (κ2) is 7.81. The van der Waals surface area contributed by atoms with Crippen LogP contribution in [0.4, 0.5) is 0 Å². The molecule has 18 heavy (non-hydrogen) atoms. The van der Waals surface area contributed by atoms with Crippen molar-refractivity contribution >= 4 is 0 Å². The third-order valence-corrected chi connectivity index (χ3v) is 4.48. The molecule has 0 spiro atoms. The molecule has 0 saturated heterocycles. The van der Waals surface area contributed by atoms with Crippen LogP contribution in [0.5, 0.6) is 0 Å². The number of rotatable bonds is 7. The Hall–Kier alpha value is -0.520. The molecule has 0 radical (unpaired) electrons. The fourth-order valence-electron chi connectivity index (χ4n) is 3.38. The van der Waals surface area contributed by atoms with E-state index in [4.69, 9.17) is 6.42 Å². The van der Waals surface area contributed by atoms with Gasteiger partial charge >= 0.3 is 0 Å². The van der Waals surface area contributed by atoms with Crippen molar-refractivity contribution in [2.45, 2.75) is 69.9 Å². The molecule has 1 atom stereocenters. The highest BCUT2D eigenvalue weighted by molar-refractivity contribution is 5.02. The fourth-order valence-corrected chi connectivity index (χ4v) is 3.38. The summed E-state index contributed by atoms with van der Waals surface area (Å²) in [4.78, 5) is 2.45. The summed E-state index contributed by atoms with van der Waals surface area (Å²) in [5, 5.41) is 3.76. The molecule has 1 fully saturated rings. The van der Waals surface area contributed by atoms with E-state index >= 15 is 0 Å². The third kappa shape index (κ3) is 3.73. The number of hydrogen-bond acceptors (Lipinski definition) is 2. The van der Waals surface area contributed by atoms with Crippen molar-refractivity contribution in [3.8, 4) is 12.3 Å². The van der Waals surface area contributed by atoms with Gasteiger partial charge in [-0.25, -0.2) is 0 Å². The quantitative estimate of drug-likeness (QED) is 0.699. The second-order valence-corrected chi connectivity index (χ2v) is 5.81. The van der Waals surface area contributed by atoms with E-state index in [0.717, 1.165) is 19.4 Å². The van der Waals surface area contributed by atoms with E-state index in [0.29, 0.717) is 11.6 Å². The Morgan fingerprint density at radius 2 is 1.94 bits per heavy atom. The molecule has 1 N–H and O–H groups in total. The largest absolute Gasteiger partial charge is 0.312 e. The maximum absolute atomic E-state index is 5.46. The first-order chi connectivity index (χ1) is 8.67. The second-order valence-electron chi connectivity index (χ2n) is 5.81. The zero-order valence-corrected chi connectivity index (χ0v) is 12.5. The van der Waals surface area contributed by atoms with Crippen molar-refractivity contribution in [2.24, 2.45) is 0 Å². The van der Waals surface area contributed by atoms with Crippen LogP contribution in [-0.2, 0) is 0 Å². The minimum absolute atomic E-state index is 0.324. The van der Waals surface area contributed by atoms with E-state index in [-0.39, 0.29) is 0 Å². The first-order valence-electron chi connectivity index (χ1n) is 7.51. The SMILES string of the molecule is C#CCCC(NCCC)C1(N(C)C)CCCCC1. The lowest BCUT2D eigenvalue weighted by molar-refractivity contribution is 0.0540. The van der Waals surface area contributed by atoms with E-state index in [1.165, 1.54) is 38.5 Å². The van der Waals surface area contributed by atoms with Gasteiger partial charge in [-0.05, 0) is 46.3 Å². The van der Waals surface area contributed by atoms with Crippen LogP contribution in [0.1, 0.15) is 58.3 Å². The van der Waals surface area contributed by atoms with Crippen LogP contribution in [0.2, 0.25) is 0 Å². The monoisotopic (exact) mass is 250 g/mol. The fraction of sp³-hybridized carbons (Fsp3) is 0.875. The first kappa shape index (κ1) is 15.5. The molecular weight excluding hydrogens is 220 g/mol. The van der Waals surface area contributed by atoms with Gasteiger partial charge in [0.15, 0.2) is 0 Å². The molecule has 0 amide bonds. The van der Waals surface area contributed by atoms with Crippen LogP contribution >= 0.6 is 0 Å². The number of terminal acetylenes is 1. The first-order valence-corrected chi connectivity index (χ1v) is 7.51. The molecule has 0 bridgehead atoms. The molecule has 0 heterocycles. The molecule has 2 heteroatoms. The van der Waals surface area contributed by atoms with Crippen LogP contribution in [-0.4, -0.2) is 37.1 Å². The molecule has 1 aliphatic rings. The molecule has 0 aliphatic heterocycles. The van der Waals surface area contributed by atoms with Crippen LogP contribution in [0.15, 0.2) is 0 Å². The van der Waals surface area contributed by atoms with E-state index in [9.17, 15) is 0 Å². The van der Waals surface area contributed by atoms with Gasteiger partial charge in [0.1, 0.15) is 0 Å². The maximum atomic E-state index is 5.46. The molecule has 2 nitrogen and oxygen atoms in total. The highest BCUT2D eigenvalue weighted by atomic mass is 15.2. The van der Waals surface area contributed by atoms with Crippen molar-refractivity contribution in [3.63, 3.8) is 0 Å². The lowest BCUT2D eigenvalue weighted by atomic mass is 9.74. The van der Waals surface area contributed by atoms with E-state index in [2.05, 4.69) is 37.2 Å². The Balaban J connectivity index is 2.78. The molecule has 0 aromatic rings. The summed E-state index contributed by atoms with van der Waals surface area (Å²) in [5.41, 5.74) is 0.324. The molecule has 0 aromatic carbocycles. The van der Waals surface area contributed by atoms with E-state index < -0.39 is 0 Å². The van der Waals surface area contributed by atoms with Gasteiger partial charge in [-0.15, -0.1) is 12.3 Å². The topological polar surface area (TPSA) is 15.3 Å². The predicted octanol–water partition coefficient (Wildman–Crippen LogP) is 3.03. The highest BCUT2D eigenvalue weighted by Gasteiger charge is 2.40. The zero-order valence-electron chi connectivity index (χ0n) is 12.5. The van der Waals surface area contributed by atoms with Gasteiger partial charge in [0.05, 0.1) is 0 Å². The zero-order chi connectivity index (χ0) is 13.4. The van der Waals surface area contributed by atoms with Gasteiger partial charge in [-0.2, -0.15) is 0 Å². The lowest BCUT2D eigenvalue weighted by Gasteiger charge is -2.49. The third-order valence-electron chi connectivity index (χ3n) is 4.48. The Morgan fingerprint density at radius 1 is 1.28 bits per heavy atom. The summed E-state index contributed by atoms with van der Waals surface area (Å²) >= 11 is 0. The standard InChI is InChI=1S/C16H30N2/c1-5-7-11-15(17-14-6-2)16(18(3)4)12-9-8-10-13-16/h1,15,17H,6-14H2,2-4H3. The summed E-state index contributed by atoms with van der Waals surface area (Å²) in [7, 11) is 4.48. The van der Waals surface area contributed by atoms with Crippen molar-refractivity contribution < 1.29 is 0 Å². The number of likely N-dealkylation sites (N-methyl/N-ethyl adjacent to an activating group) is 1. The molecular formula is C16H30N2. The summed E-state index contributed by atoms with van der Waals surface area (Å²) < 4.78 is 0. The summed E-state index contributed by atoms with van der Waals surface area (Å²) in [5.74, 6) is 2.81. The molecule has 104 valence electrons. The summed E-state index contributed by atoms with van der Waals surface area (Å²) in [6.07, 6.45) is 15.4. The number of nitrogens with one attached hydrogen (secondary N) is 1. The minimum atomic E-state index is 0.324. The van der Waals surface area contributed by atoms with Crippen molar-refractivity contribution in [1.29, 1.82) is 0 Å².